The number of hydrogen-bond donors (Lipinski definition) is 1. The van der Waals surface area contributed by atoms with Crippen LogP contribution in [0.1, 0.15) is 27.0 Å². The fourth-order valence-corrected chi connectivity index (χ4v) is 2.93. The summed E-state index contributed by atoms with van der Waals surface area (Å²) in [5.41, 5.74) is 6.73. The van der Waals surface area contributed by atoms with Gasteiger partial charge in [0.25, 0.3) is 5.91 Å². The van der Waals surface area contributed by atoms with Crippen LogP contribution in [0.25, 0.3) is 5.69 Å². The number of rotatable bonds is 8. The van der Waals surface area contributed by atoms with E-state index in [2.05, 4.69) is 20.7 Å². The fraction of sp³-hybridized carbons (Fsp3) is 0.0400. The summed E-state index contributed by atoms with van der Waals surface area (Å²) in [6.07, 6.45) is 8.47. The van der Waals surface area contributed by atoms with Crippen LogP contribution in [-0.2, 0) is 11.4 Å². The molecule has 0 saturated carbocycles. The predicted molar refractivity (Wildman–Crippen MR) is 124 cm³/mol. The zero-order chi connectivity index (χ0) is 22.0. The van der Waals surface area contributed by atoms with Crippen LogP contribution in [-0.4, -0.2) is 27.9 Å². The molecule has 0 bridgehead atoms. The van der Waals surface area contributed by atoms with Gasteiger partial charge in [-0.15, -0.1) is 0 Å². The molecule has 0 aliphatic rings. The summed E-state index contributed by atoms with van der Waals surface area (Å²) in [6.45, 7) is 0.411. The van der Waals surface area contributed by atoms with Crippen molar-refractivity contribution in [3.05, 3.63) is 120 Å². The summed E-state index contributed by atoms with van der Waals surface area (Å²) in [6, 6.07) is 24.6. The van der Waals surface area contributed by atoms with E-state index in [9.17, 15) is 4.79 Å². The average molecular weight is 423 g/mol. The Kier molecular flexibility index (Phi) is 6.80. The average Bonchev–Trinajstić information content (AvgIpc) is 3.38. The predicted octanol–water partition coefficient (Wildman–Crippen LogP) is 4.19. The summed E-state index contributed by atoms with van der Waals surface area (Å²) in [5, 5.41) is 8.06. The minimum absolute atomic E-state index is 0.287. The Morgan fingerprint density at radius 2 is 1.75 bits per heavy atom. The van der Waals surface area contributed by atoms with Crippen LogP contribution in [0.2, 0.25) is 0 Å². The lowest BCUT2D eigenvalue weighted by atomic mass is 10.1. The minimum atomic E-state index is -0.287. The van der Waals surface area contributed by atoms with Crippen LogP contribution in [0.4, 0.5) is 0 Å². The summed E-state index contributed by atoms with van der Waals surface area (Å²) >= 11 is 0. The van der Waals surface area contributed by atoms with E-state index in [0.29, 0.717) is 12.2 Å². The van der Waals surface area contributed by atoms with E-state index in [1.54, 1.807) is 37.1 Å². The standard InChI is InChI=1S/C25H21N5O2/c31-25(23-9-11-24(12-10-23)30-14-13-26-19-30)29-27-16-21-7-4-8-22(15-21)17-28-32-18-20-5-2-1-3-6-20/h1-17,19H,18H2,(H,29,31). The van der Waals surface area contributed by atoms with Gasteiger partial charge in [0.2, 0.25) is 0 Å². The first-order chi connectivity index (χ1) is 15.8. The molecule has 0 fully saturated rings. The van der Waals surface area contributed by atoms with E-state index >= 15 is 0 Å². The molecular weight excluding hydrogens is 402 g/mol. The van der Waals surface area contributed by atoms with Gasteiger partial charge in [-0.25, -0.2) is 10.4 Å². The zero-order valence-electron chi connectivity index (χ0n) is 17.2. The van der Waals surface area contributed by atoms with E-state index < -0.39 is 0 Å². The van der Waals surface area contributed by atoms with Gasteiger partial charge < -0.3 is 9.40 Å². The number of hydrazone groups is 1. The molecule has 1 aromatic heterocycles. The first-order valence-corrected chi connectivity index (χ1v) is 9.99. The van der Waals surface area contributed by atoms with Crippen LogP contribution in [0.15, 0.2) is 108 Å². The van der Waals surface area contributed by atoms with Crippen molar-refractivity contribution < 1.29 is 9.63 Å². The molecule has 0 atom stereocenters. The second kappa shape index (κ2) is 10.5. The Morgan fingerprint density at radius 1 is 0.969 bits per heavy atom. The summed E-state index contributed by atoms with van der Waals surface area (Å²) in [4.78, 5) is 21.7. The topological polar surface area (TPSA) is 80.9 Å². The second-order valence-electron chi connectivity index (χ2n) is 6.88. The lowest BCUT2D eigenvalue weighted by Crippen LogP contribution is -2.17. The quantitative estimate of drug-likeness (QED) is 0.341. The van der Waals surface area contributed by atoms with Crippen molar-refractivity contribution in [1.82, 2.24) is 15.0 Å². The van der Waals surface area contributed by atoms with Gasteiger partial charge in [0.15, 0.2) is 0 Å². The third kappa shape index (κ3) is 5.76. The fourth-order valence-electron chi connectivity index (χ4n) is 2.93. The monoisotopic (exact) mass is 423 g/mol. The first kappa shape index (κ1) is 20.7. The SMILES string of the molecule is O=C(NN=Cc1cccc(C=NOCc2ccccc2)c1)c1ccc(-n2ccnc2)cc1. The lowest BCUT2D eigenvalue weighted by molar-refractivity contribution is 0.0955. The number of aromatic nitrogens is 2. The Bertz CT molecular complexity index is 1200. The molecule has 1 N–H and O–H groups in total. The number of benzene rings is 3. The van der Waals surface area contributed by atoms with E-state index in [0.717, 1.165) is 22.4 Å². The van der Waals surface area contributed by atoms with Gasteiger partial charge in [0.1, 0.15) is 6.61 Å². The van der Waals surface area contributed by atoms with Gasteiger partial charge in [-0.3, -0.25) is 4.79 Å². The van der Waals surface area contributed by atoms with E-state index in [1.807, 2.05) is 77.5 Å². The number of oxime groups is 1. The number of carbonyl (C=O) groups is 1. The molecule has 0 saturated heterocycles. The molecular formula is C25H21N5O2. The van der Waals surface area contributed by atoms with Crippen molar-refractivity contribution in [2.75, 3.05) is 0 Å². The molecule has 1 amide bonds. The van der Waals surface area contributed by atoms with Crippen LogP contribution >= 0.6 is 0 Å². The van der Waals surface area contributed by atoms with Crippen molar-refractivity contribution in [1.29, 1.82) is 0 Å². The van der Waals surface area contributed by atoms with E-state index in [4.69, 9.17) is 4.84 Å². The van der Waals surface area contributed by atoms with Crippen molar-refractivity contribution in [2.24, 2.45) is 10.3 Å². The van der Waals surface area contributed by atoms with Gasteiger partial charge in [-0.2, -0.15) is 5.10 Å². The molecule has 0 radical (unpaired) electrons. The van der Waals surface area contributed by atoms with Gasteiger partial charge in [-0.05, 0) is 47.0 Å². The number of nitrogens with zero attached hydrogens (tertiary/aromatic N) is 4. The van der Waals surface area contributed by atoms with Crippen LogP contribution in [0, 0.1) is 0 Å². The Morgan fingerprint density at radius 3 is 2.50 bits per heavy atom. The molecule has 0 aliphatic carbocycles. The Balaban J connectivity index is 1.29. The molecule has 32 heavy (non-hydrogen) atoms. The molecule has 7 nitrogen and oxygen atoms in total. The van der Waals surface area contributed by atoms with Gasteiger partial charge in [-0.1, -0.05) is 53.7 Å². The smallest absolute Gasteiger partial charge is 0.271 e. The third-order valence-corrected chi connectivity index (χ3v) is 4.57. The Hall–Kier alpha value is -4.52. The van der Waals surface area contributed by atoms with Gasteiger partial charge >= 0.3 is 0 Å². The highest BCUT2D eigenvalue weighted by atomic mass is 16.6. The van der Waals surface area contributed by atoms with E-state index in [-0.39, 0.29) is 5.91 Å². The van der Waals surface area contributed by atoms with Crippen molar-refractivity contribution >= 4 is 18.3 Å². The lowest BCUT2D eigenvalue weighted by Gasteiger charge is -2.04. The van der Waals surface area contributed by atoms with Crippen molar-refractivity contribution in [2.45, 2.75) is 6.61 Å². The molecule has 0 spiro atoms. The highest BCUT2D eigenvalue weighted by molar-refractivity contribution is 5.95. The highest BCUT2D eigenvalue weighted by Gasteiger charge is 2.04. The van der Waals surface area contributed by atoms with Gasteiger partial charge in [0, 0.05) is 23.6 Å². The maximum Gasteiger partial charge on any atom is 0.271 e. The normalized spacial score (nSPS) is 11.1. The summed E-state index contributed by atoms with van der Waals surface area (Å²) in [5.74, 6) is -0.287. The second-order valence-corrected chi connectivity index (χ2v) is 6.88. The number of hydrogen-bond acceptors (Lipinski definition) is 5. The number of nitrogens with one attached hydrogen (secondary N) is 1. The molecule has 0 unspecified atom stereocenters. The molecule has 4 aromatic rings. The van der Waals surface area contributed by atoms with Crippen LogP contribution < -0.4 is 5.43 Å². The molecule has 4 rings (SSSR count). The maximum atomic E-state index is 12.3. The minimum Gasteiger partial charge on any atom is -0.391 e. The Labute approximate surface area is 185 Å². The number of amides is 1. The number of carbonyl (C=O) groups excluding carboxylic acids is 1. The number of imidazole rings is 1. The van der Waals surface area contributed by atoms with Gasteiger partial charge in [0.05, 0.1) is 18.8 Å². The molecule has 158 valence electrons. The molecule has 1 heterocycles. The summed E-state index contributed by atoms with van der Waals surface area (Å²) < 4.78 is 1.86. The molecule has 7 heteroatoms. The van der Waals surface area contributed by atoms with Crippen LogP contribution in [0.5, 0.6) is 0 Å². The third-order valence-electron chi connectivity index (χ3n) is 4.57. The van der Waals surface area contributed by atoms with Crippen molar-refractivity contribution in [3.8, 4) is 5.69 Å². The van der Waals surface area contributed by atoms with Crippen molar-refractivity contribution in [3.63, 3.8) is 0 Å². The largest absolute Gasteiger partial charge is 0.391 e. The zero-order valence-corrected chi connectivity index (χ0v) is 17.2. The van der Waals surface area contributed by atoms with Crippen LogP contribution in [0.3, 0.4) is 0 Å². The molecule has 0 aliphatic heterocycles. The maximum absolute atomic E-state index is 12.3. The molecule has 3 aromatic carbocycles. The highest BCUT2D eigenvalue weighted by Crippen LogP contribution is 2.09. The first-order valence-electron chi connectivity index (χ1n) is 9.99. The summed E-state index contributed by atoms with van der Waals surface area (Å²) in [7, 11) is 0. The van der Waals surface area contributed by atoms with E-state index in [1.165, 1.54) is 0 Å².